The van der Waals surface area contributed by atoms with Gasteiger partial charge in [-0.15, -0.1) is 0 Å². The van der Waals surface area contributed by atoms with E-state index in [0.29, 0.717) is 0 Å². The highest BCUT2D eigenvalue weighted by Gasteiger charge is 2.01. The fraction of sp³-hybridized carbons (Fsp3) is 0.636. The number of unbranched alkanes of at least 4 members (excludes halogenated alkanes) is 3. The number of hydrogen-bond donors (Lipinski definition) is 0. The molecule has 0 heterocycles. The Labute approximate surface area is 70.0 Å². The highest BCUT2D eigenvalue weighted by atomic mass is 14.1. The molecule has 0 bridgehead atoms. The second-order valence-electron chi connectivity index (χ2n) is 3.28. The second-order valence-corrected chi connectivity index (χ2v) is 3.28. The van der Waals surface area contributed by atoms with Crippen molar-refractivity contribution in [3.05, 3.63) is 24.3 Å². The largest absolute Gasteiger partial charge is 0.0776 e. The third-order valence-electron chi connectivity index (χ3n) is 2.22. The summed E-state index contributed by atoms with van der Waals surface area (Å²) in [6, 6.07) is 0. The van der Waals surface area contributed by atoms with Crippen molar-refractivity contribution >= 4 is 0 Å². The van der Waals surface area contributed by atoms with Gasteiger partial charge in [-0.25, -0.2) is 0 Å². The molecule has 62 valence electrons. The molecule has 1 aliphatic carbocycles. The van der Waals surface area contributed by atoms with E-state index < -0.39 is 0 Å². The van der Waals surface area contributed by atoms with Crippen LogP contribution in [0.1, 0.15) is 39.0 Å². The first-order valence-electron chi connectivity index (χ1n) is 4.78. The van der Waals surface area contributed by atoms with E-state index >= 15 is 0 Å². The van der Waals surface area contributed by atoms with E-state index in [-0.39, 0.29) is 0 Å². The first-order chi connectivity index (χ1) is 5.43. The molecule has 0 aromatic heterocycles. The first kappa shape index (κ1) is 8.58. The zero-order valence-corrected chi connectivity index (χ0v) is 7.42. The summed E-state index contributed by atoms with van der Waals surface area (Å²) in [5, 5.41) is 0. The van der Waals surface area contributed by atoms with E-state index in [4.69, 9.17) is 0 Å². The summed E-state index contributed by atoms with van der Waals surface area (Å²) in [6.07, 6.45) is 15.8. The van der Waals surface area contributed by atoms with Crippen LogP contribution in [0.3, 0.4) is 0 Å². The van der Waals surface area contributed by atoms with Gasteiger partial charge in [0.25, 0.3) is 0 Å². The smallest absolute Gasteiger partial charge is 0.00473 e. The van der Waals surface area contributed by atoms with Crippen molar-refractivity contribution in [1.29, 1.82) is 0 Å². The quantitative estimate of drug-likeness (QED) is 0.524. The summed E-state index contributed by atoms with van der Waals surface area (Å²) < 4.78 is 0. The van der Waals surface area contributed by atoms with Crippen molar-refractivity contribution < 1.29 is 0 Å². The van der Waals surface area contributed by atoms with Gasteiger partial charge in [-0.1, -0.05) is 56.9 Å². The zero-order chi connectivity index (χ0) is 7.94. The minimum absolute atomic E-state index is 0.756. The monoisotopic (exact) mass is 150 g/mol. The third kappa shape index (κ3) is 3.41. The molecule has 0 aromatic carbocycles. The van der Waals surface area contributed by atoms with E-state index in [1.54, 1.807) is 0 Å². The van der Waals surface area contributed by atoms with Crippen LogP contribution in [-0.4, -0.2) is 0 Å². The lowest BCUT2D eigenvalue weighted by Crippen LogP contribution is -1.88. The molecule has 0 unspecified atom stereocenters. The Morgan fingerprint density at radius 2 is 1.73 bits per heavy atom. The maximum absolute atomic E-state index is 2.30. The molecule has 0 aromatic rings. The molecule has 1 rings (SSSR count). The van der Waals surface area contributed by atoms with Gasteiger partial charge in [-0.3, -0.25) is 0 Å². The molecule has 0 amide bonds. The molecule has 0 saturated heterocycles. The van der Waals surface area contributed by atoms with Crippen molar-refractivity contribution in [2.24, 2.45) is 5.92 Å². The minimum atomic E-state index is 0.756. The van der Waals surface area contributed by atoms with Gasteiger partial charge in [0.2, 0.25) is 0 Å². The maximum atomic E-state index is 2.30. The third-order valence-corrected chi connectivity index (χ3v) is 2.22. The molecule has 0 radical (unpaired) electrons. The van der Waals surface area contributed by atoms with Crippen LogP contribution in [0, 0.1) is 5.92 Å². The molecule has 0 heteroatoms. The van der Waals surface area contributed by atoms with Crippen LogP contribution in [0.5, 0.6) is 0 Å². The van der Waals surface area contributed by atoms with Crippen LogP contribution in [0.25, 0.3) is 0 Å². The Balaban J connectivity index is 1.95. The van der Waals surface area contributed by atoms with E-state index in [2.05, 4.69) is 31.2 Å². The Kier molecular flexibility index (Phi) is 4.03. The van der Waals surface area contributed by atoms with Crippen molar-refractivity contribution in [2.45, 2.75) is 39.0 Å². The van der Waals surface area contributed by atoms with Crippen LogP contribution in [0.15, 0.2) is 24.3 Å². The standard InChI is InChI=1S/C11H18/c1-2-3-4-5-8-11-9-6-7-10-11/h6-7,9-11H,2-5,8H2,1H3. The molecule has 0 aliphatic heterocycles. The molecule has 0 atom stereocenters. The Hall–Kier alpha value is -0.520. The van der Waals surface area contributed by atoms with E-state index in [1.165, 1.54) is 32.1 Å². The Bertz CT molecular complexity index is 130. The number of hydrogen-bond acceptors (Lipinski definition) is 0. The molecule has 0 spiro atoms. The molecule has 11 heavy (non-hydrogen) atoms. The zero-order valence-electron chi connectivity index (χ0n) is 7.42. The van der Waals surface area contributed by atoms with Gasteiger partial charge in [-0.2, -0.15) is 0 Å². The number of allylic oxidation sites excluding steroid dienone is 4. The van der Waals surface area contributed by atoms with Crippen LogP contribution in [-0.2, 0) is 0 Å². The fourth-order valence-electron chi connectivity index (χ4n) is 1.48. The molecule has 0 fully saturated rings. The Morgan fingerprint density at radius 3 is 2.36 bits per heavy atom. The van der Waals surface area contributed by atoms with Gasteiger partial charge < -0.3 is 0 Å². The van der Waals surface area contributed by atoms with Crippen molar-refractivity contribution in [3.8, 4) is 0 Å². The van der Waals surface area contributed by atoms with Crippen molar-refractivity contribution in [1.82, 2.24) is 0 Å². The molecule has 0 N–H and O–H groups in total. The van der Waals surface area contributed by atoms with E-state index in [1.807, 2.05) is 0 Å². The lowest BCUT2D eigenvalue weighted by Gasteiger charge is -2.03. The summed E-state index contributed by atoms with van der Waals surface area (Å²) >= 11 is 0. The summed E-state index contributed by atoms with van der Waals surface area (Å²) in [5.74, 6) is 0.756. The molecule has 1 aliphatic rings. The van der Waals surface area contributed by atoms with Crippen LogP contribution in [0.2, 0.25) is 0 Å². The Morgan fingerprint density at radius 1 is 1.00 bits per heavy atom. The van der Waals surface area contributed by atoms with Gasteiger partial charge in [0.1, 0.15) is 0 Å². The topological polar surface area (TPSA) is 0 Å². The van der Waals surface area contributed by atoms with Gasteiger partial charge in [-0.05, 0) is 12.3 Å². The maximum Gasteiger partial charge on any atom is -0.00473 e. The average Bonchev–Trinajstić information content (AvgIpc) is 2.50. The normalized spacial score (nSPS) is 16.5. The molecular weight excluding hydrogens is 132 g/mol. The predicted octanol–water partition coefficient (Wildman–Crippen LogP) is 3.70. The van der Waals surface area contributed by atoms with Gasteiger partial charge in [0.05, 0.1) is 0 Å². The SMILES string of the molecule is CCCCCCC1C=CC=C1. The minimum Gasteiger partial charge on any atom is -0.0776 e. The van der Waals surface area contributed by atoms with Crippen LogP contribution in [0.4, 0.5) is 0 Å². The van der Waals surface area contributed by atoms with E-state index in [9.17, 15) is 0 Å². The van der Waals surface area contributed by atoms with Crippen molar-refractivity contribution in [2.75, 3.05) is 0 Å². The molecule has 0 nitrogen and oxygen atoms in total. The lowest BCUT2D eigenvalue weighted by molar-refractivity contribution is 0.593. The first-order valence-corrected chi connectivity index (χ1v) is 4.78. The predicted molar refractivity (Wildman–Crippen MR) is 50.5 cm³/mol. The van der Waals surface area contributed by atoms with Gasteiger partial charge >= 0.3 is 0 Å². The van der Waals surface area contributed by atoms with E-state index in [0.717, 1.165) is 5.92 Å². The van der Waals surface area contributed by atoms with Crippen LogP contribution >= 0.6 is 0 Å². The lowest BCUT2D eigenvalue weighted by atomic mass is 10.0. The fourth-order valence-corrected chi connectivity index (χ4v) is 1.48. The van der Waals surface area contributed by atoms with Crippen LogP contribution < -0.4 is 0 Å². The summed E-state index contributed by atoms with van der Waals surface area (Å²) in [5.41, 5.74) is 0. The highest BCUT2D eigenvalue weighted by Crippen LogP contribution is 2.17. The molecular formula is C11H18. The number of rotatable bonds is 5. The second kappa shape index (κ2) is 5.17. The summed E-state index contributed by atoms with van der Waals surface area (Å²) in [4.78, 5) is 0. The molecule has 0 saturated carbocycles. The summed E-state index contributed by atoms with van der Waals surface area (Å²) in [6.45, 7) is 2.26. The highest BCUT2D eigenvalue weighted by molar-refractivity contribution is 5.17. The van der Waals surface area contributed by atoms with Crippen molar-refractivity contribution in [3.63, 3.8) is 0 Å². The van der Waals surface area contributed by atoms with Gasteiger partial charge in [0.15, 0.2) is 0 Å². The van der Waals surface area contributed by atoms with Gasteiger partial charge in [0, 0.05) is 0 Å². The average molecular weight is 150 g/mol. The summed E-state index contributed by atoms with van der Waals surface area (Å²) in [7, 11) is 0.